The first-order chi connectivity index (χ1) is 14.7. The van der Waals surface area contributed by atoms with E-state index in [2.05, 4.69) is 5.32 Å². The third-order valence-corrected chi connectivity index (χ3v) is 5.95. The lowest BCUT2D eigenvalue weighted by Gasteiger charge is -2.45. The lowest BCUT2D eigenvalue weighted by Crippen LogP contribution is -2.63. The van der Waals surface area contributed by atoms with Crippen LogP contribution in [0.1, 0.15) is 20.3 Å². The molecule has 31 heavy (non-hydrogen) atoms. The topological polar surface area (TPSA) is 195 Å². The number of amides is 1. The molecule has 0 aliphatic carbocycles. The molecule has 0 aromatic heterocycles. The van der Waals surface area contributed by atoms with Crippen LogP contribution >= 0.6 is 0 Å². The minimum atomic E-state index is -1.37. The van der Waals surface area contributed by atoms with Crippen LogP contribution < -0.4 is 5.32 Å². The van der Waals surface area contributed by atoms with E-state index in [0.717, 1.165) is 0 Å². The standard InChI is InChI=1S/C19H33NO11/c1-3-9-16(25)17(26)13(31-18(9)19(27)28)7-29-6-10-14(20-8(2)23)11(4-21)30-12(5-22)15(10)24/h9-18,21-22,24-26H,3-7H2,1-2H3,(H,20,23)(H,27,28). The number of aliphatic hydroxyl groups is 5. The molecule has 10 unspecified atom stereocenters. The predicted molar refractivity (Wildman–Crippen MR) is 103 cm³/mol. The first-order valence-corrected chi connectivity index (χ1v) is 10.3. The van der Waals surface area contributed by atoms with Crippen molar-refractivity contribution < 1.29 is 54.4 Å². The van der Waals surface area contributed by atoms with E-state index in [0.29, 0.717) is 6.42 Å². The smallest absolute Gasteiger partial charge is 0.333 e. The average molecular weight is 451 g/mol. The summed E-state index contributed by atoms with van der Waals surface area (Å²) in [5, 5.41) is 62.2. The molecule has 2 aliphatic rings. The van der Waals surface area contributed by atoms with Crippen molar-refractivity contribution in [1.82, 2.24) is 5.32 Å². The van der Waals surface area contributed by atoms with Crippen molar-refractivity contribution in [2.24, 2.45) is 11.8 Å². The van der Waals surface area contributed by atoms with E-state index in [9.17, 15) is 40.2 Å². The molecule has 2 heterocycles. The molecular weight excluding hydrogens is 418 g/mol. The van der Waals surface area contributed by atoms with Gasteiger partial charge in [-0.2, -0.15) is 0 Å². The fourth-order valence-corrected chi connectivity index (χ4v) is 4.28. The maximum absolute atomic E-state index is 11.6. The maximum Gasteiger partial charge on any atom is 0.333 e. The summed E-state index contributed by atoms with van der Waals surface area (Å²) in [5.74, 6) is -3.24. The van der Waals surface area contributed by atoms with Crippen LogP contribution in [0.5, 0.6) is 0 Å². The number of carbonyl (C=O) groups is 2. The van der Waals surface area contributed by atoms with E-state index in [1.165, 1.54) is 6.92 Å². The maximum atomic E-state index is 11.6. The van der Waals surface area contributed by atoms with Crippen molar-refractivity contribution >= 4 is 11.9 Å². The zero-order chi connectivity index (χ0) is 23.3. The summed E-state index contributed by atoms with van der Waals surface area (Å²) >= 11 is 0. The summed E-state index contributed by atoms with van der Waals surface area (Å²) in [6.07, 6.45) is -7.96. The summed E-state index contributed by atoms with van der Waals surface area (Å²) in [4.78, 5) is 23.1. The van der Waals surface area contributed by atoms with E-state index < -0.39 is 85.7 Å². The Labute approximate surface area is 179 Å². The first-order valence-electron chi connectivity index (χ1n) is 10.3. The minimum Gasteiger partial charge on any atom is -0.479 e. The Morgan fingerprint density at radius 3 is 2.06 bits per heavy atom. The highest BCUT2D eigenvalue weighted by molar-refractivity contribution is 5.73. The van der Waals surface area contributed by atoms with Gasteiger partial charge in [-0.05, 0) is 6.42 Å². The van der Waals surface area contributed by atoms with Gasteiger partial charge in [0.1, 0.15) is 24.4 Å². The lowest BCUT2D eigenvalue weighted by molar-refractivity contribution is -0.226. The Bertz CT molecular complexity index is 605. The van der Waals surface area contributed by atoms with E-state index in [1.807, 2.05) is 0 Å². The van der Waals surface area contributed by atoms with Gasteiger partial charge in [0.2, 0.25) is 5.91 Å². The van der Waals surface area contributed by atoms with Gasteiger partial charge in [-0.25, -0.2) is 4.79 Å². The number of carboxylic acids is 1. The van der Waals surface area contributed by atoms with Gasteiger partial charge in [-0.1, -0.05) is 6.92 Å². The molecule has 12 heteroatoms. The fourth-order valence-electron chi connectivity index (χ4n) is 4.28. The lowest BCUT2D eigenvalue weighted by atomic mass is 9.84. The van der Waals surface area contributed by atoms with Gasteiger partial charge in [0.25, 0.3) is 0 Å². The minimum absolute atomic E-state index is 0.180. The summed E-state index contributed by atoms with van der Waals surface area (Å²) < 4.78 is 16.5. The normalized spacial score (nSPS) is 41.0. The molecule has 0 aromatic carbocycles. The number of carbonyl (C=O) groups excluding carboxylic acids is 1. The van der Waals surface area contributed by atoms with E-state index in [-0.39, 0.29) is 13.2 Å². The predicted octanol–water partition coefficient (Wildman–Crippen LogP) is -3.16. The van der Waals surface area contributed by atoms with Gasteiger partial charge in [-0.15, -0.1) is 0 Å². The van der Waals surface area contributed by atoms with Crippen molar-refractivity contribution in [3.05, 3.63) is 0 Å². The number of nitrogens with one attached hydrogen (secondary N) is 1. The summed E-state index contributed by atoms with van der Waals surface area (Å²) in [6, 6.07) is -0.820. The van der Waals surface area contributed by atoms with Crippen LogP contribution in [0.3, 0.4) is 0 Å². The second kappa shape index (κ2) is 11.5. The number of hydrogen-bond acceptors (Lipinski definition) is 10. The Morgan fingerprint density at radius 2 is 1.55 bits per heavy atom. The quantitative estimate of drug-likeness (QED) is 0.187. The van der Waals surface area contributed by atoms with Crippen LogP contribution in [-0.2, 0) is 23.8 Å². The Morgan fingerprint density at radius 1 is 0.903 bits per heavy atom. The second-order valence-corrected chi connectivity index (χ2v) is 7.98. The number of hydrogen-bond donors (Lipinski definition) is 7. The first kappa shape index (κ1) is 25.9. The largest absolute Gasteiger partial charge is 0.479 e. The van der Waals surface area contributed by atoms with Crippen LogP contribution in [0.2, 0.25) is 0 Å². The van der Waals surface area contributed by atoms with Crippen LogP contribution in [0.4, 0.5) is 0 Å². The highest BCUT2D eigenvalue weighted by Crippen LogP contribution is 2.30. The van der Waals surface area contributed by atoms with Gasteiger partial charge in [0.15, 0.2) is 6.10 Å². The van der Waals surface area contributed by atoms with Crippen molar-refractivity contribution in [2.75, 3.05) is 26.4 Å². The number of rotatable bonds is 9. The third kappa shape index (κ3) is 5.90. The van der Waals surface area contributed by atoms with E-state index >= 15 is 0 Å². The van der Waals surface area contributed by atoms with Crippen molar-refractivity contribution in [2.45, 2.75) is 69.0 Å². The number of aliphatic carboxylic acids is 1. The van der Waals surface area contributed by atoms with Gasteiger partial charge in [-0.3, -0.25) is 4.79 Å². The highest BCUT2D eigenvalue weighted by atomic mass is 16.6. The van der Waals surface area contributed by atoms with Gasteiger partial charge in [0, 0.05) is 18.8 Å². The highest BCUT2D eigenvalue weighted by Gasteiger charge is 2.48. The molecule has 0 bridgehead atoms. The van der Waals surface area contributed by atoms with Crippen LogP contribution in [0.15, 0.2) is 0 Å². The van der Waals surface area contributed by atoms with E-state index in [1.54, 1.807) is 6.92 Å². The van der Waals surface area contributed by atoms with E-state index in [4.69, 9.17) is 14.2 Å². The van der Waals surface area contributed by atoms with Crippen molar-refractivity contribution in [1.29, 1.82) is 0 Å². The molecule has 2 saturated heterocycles. The fraction of sp³-hybridized carbons (Fsp3) is 0.895. The molecule has 12 nitrogen and oxygen atoms in total. The molecule has 0 aromatic rings. The zero-order valence-corrected chi connectivity index (χ0v) is 17.5. The summed E-state index contributed by atoms with van der Waals surface area (Å²) in [6.45, 7) is 1.49. The molecule has 0 saturated carbocycles. The molecule has 2 fully saturated rings. The van der Waals surface area contributed by atoms with Crippen molar-refractivity contribution in [3.8, 4) is 0 Å². The summed E-state index contributed by atoms with van der Waals surface area (Å²) in [7, 11) is 0. The third-order valence-electron chi connectivity index (χ3n) is 5.95. The van der Waals surface area contributed by atoms with Crippen molar-refractivity contribution in [3.63, 3.8) is 0 Å². The van der Waals surface area contributed by atoms with Gasteiger partial charge in [0.05, 0.1) is 44.7 Å². The molecule has 2 aliphatic heterocycles. The van der Waals surface area contributed by atoms with Crippen LogP contribution in [-0.4, -0.2) is 118 Å². The molecule has 0 radical (unpaired) electrons. The average Bonchev–Trinajstić information content (AvgIpc) is 2.72. The van der Waals surface area contributed by atoms with Gasteiger partial charge >= 0.3 is 5.97 Å². The monoisotopic (exact) mass is 451 g/mol. The molecule has 1 amide bonds. The van der Waals surface area contributed by atoms with Crippen LogP contribution in [0, 0.1) is 11.8 Å². The second-order valence-electron chi connectivity index (χ2n) is 7.98. The molecule has 7 N–H and O–H groups in total. The van der Waals surface area contributed by atoms with Crippen LogP contribution in [0.25, 0.3) is 0 Å². The van der Waals surface area contributed by atoms with Gasteiger partial charge < -0.3 is 50.2 Å². The molecule has 0 spiro atoms. The molecule has 180 valence electrons. The Hall–Kier alpha value is -1.38. The molecule has 2 rings (SSSR count). The zero-order valence-electron chi connectivity index (χ0n) is 17.5. The molecular formula is C19H33NO11. The molecule has 10 atom stereocenters. The SMILES string of the molecule is CCC1C(C(=O)O)OC(COCC2C(O)C(CO)OC(CO)C2NC(C)=O)C(O)C1O. The Balaban J connectivity index is 2.07. The number of carboxylic acid groups (broad SMARTS) is 1. The number of aliphatic hydroxyl groups excluding tert-OH is 5. The number of ether oxygens (including phenoxy) is 3. The summed E-state index contributed by atoms with van der Waals surface area (Å²) in [5.41, 5.74) is 0. The Kier molecular flexibility index (Phi) is 9.58.